The van der Waals surface area contributed by atoms with Gasteiger partial charge in [-0.2, -0.15) is 0 Å². The number of nitrogens with one attached hydrogen (secondary N) is 1. The topological polar surface area (TPSA) is 108 Å². The molecule has 0 radical (unpaired) electrons. The van der Waals surface area contributed by atoms with Crippen molar-refractivity contribution in [3.8, 4) is 0 Å². The lowest BCUT2D eigenvalue weighted by molar-refractivity contribution is -0.157. The Balaban J connectivity index is 1.25. The number of ether oxygens (including phenoxy) is 3. The standard InChI is InChI=1S/C22H25NO7/c1-2-3-8-28-20(25)12-4-6-14(7-5-12)23-17(24)11-29-21(26)18-13-9-15-16(10-13)30-22(27)19(15)18/h4-7,13,15-16,18-19H,2-3,8-11H2,1H3,(H,23,24)/t13-,15+,16-,18-,19-/m1/s1. The maximum Gasteiger partial charge on any atom is 0.338 e. The zero-order valence-corrected chi connectivity index (χ0v) is 16.8. The van der Waals surface area contributed by atoms with Crippen molar-refractivity contribution >= 4 is 29.5 Å². The fourth-order valence-corrected chi connectivity index (χ4v) is 4.84. The van der Waals surface area contributed by atoms with Gasteiger partial charge in [-0.25, -0.2) is 4.79 Å². The fourth-order valence-electron chi connectivity index (χ4n) is 4.84. The minimum absolute atomic E-state index is 0.0493. The van der Waals surface area contributed by atoms with E-state index in [0.717, 1.165) is 19.3 Å². The Hall–Kier alpha value is -2.90. The van der Waals surface area contributed by atoms with Gasteiger partial charge in [-0.15, -0.1) is 0 Å². The number of benzene rings is 1. The molecule has 1 heterocycles. The Morgan fingerprint density at radius 1 is 1.13 bits per heavy atom. The number of rotatable bonds is 8. The summed E-state index contributed by atoms with van der Waals surface area (Å²) in [7, 11) is 0. The zero-order chi connectivity index (χ0) is 21.3. The number of fused-ring (bicyclic) bond motifs is 1. The van der Waals surface area contributed by atoms with Gasteiger partial charge in [-0.3, -0.25) is 14.4 Å². The number of carbonyl (C=O) groups is 4. The molecule has 0 spiro atoms. The summed E-state index contributed by atoms with van der Waals surface area (Å²) >= 11 is 0. The largest absolute Gasteiger partial charge is 0.462 e. The molecule has 0 unspecified atom stereocenters. The molecule has 30 heavy (non-hydrogen) atoms. The summed E-state index contributed by atoms with van der Waals surface area (Å²) in [5.74, 6) is -2.45. The average Bonchev–Trinajstić information content (AvgIpc) is 3.35. The lowest BCUT2D eigenvalue weighted by atomic mass is 9.80. The van der Waals surface area contributed by atoms with E-state index in [1.54, 1.807) is 24.3 Å². The van der Waals surface area contributed by atoms with Gasteiger partial charge in [0.2, 0.25) is 0 Å². The minimum atomic E-state index is -0.509. The second-order valence-corrected chi connectivity index (χ2v) is 8.14. The van der Waals surface area contributed by atoms with E-state index in [4.69, 9.17) is 14.2 Å². The molecule has 0 aromatic heterocycles. The van der Waals surface area contributed by atoms with E-state index in [2.05, 4.69) is 5.32 Å². The van der Waals surface area contributed by atoms with Gasteiger partial charge in [0.05, 0.1) is 24.0 Å². The first kappa shape index (κ1) is 20.4. The van der Waals surface area contributed by atoms with Crippen LogP contribution in [0.2, 0.25) is 0 Å². The smallest absolute Gasteiger partial charge is 0.338 e. The van der Waals surface area contributed by atoms with Crippen LogP contribution in [-0.2, 0) is 28.6 Å². The number of anilines is 1. The van der Waals surface area contributed by atoms with E-state index >= 15 is 0 Å². The fraction of sp³-hybridized carbons (Fsp3) is 0.545. The second-order valence-electron chi connectivity index (χ2n) is 8.14. The van der Waals surface area contributed by atoms with Crippen LogP contribution in [0.4, 0.5) is 5.69 Å². The molecule has 3 fully saturated rings. The Bertz CT molecular complexity index is 848. The van der Waals surface area contributed by atoms with Gasteiger partial charge in [0.15, 0.2) is 6.61 Å². The van der Waals surface area contributed by atoms with Gasteiger partial charge >= 0.3 is 17.9 Å². The van der Waals surface area contributed by atoms with Gasteiger partial charge in [-0.05, 0) is 49.4 Å². The van der Waals surface area contributed by atoms with Crippen LogP contribution in [0.15, 0.2) is 24.3 Å². The van der Waals surface area contributed by atoms with Gasteiger partial charge in [0.1, 0.15) is 6.10 Å². The van der Waals surface area contributed by atoms with Crippen molar-refractivity contribution in [2.75, 3.05) is 18.5 Å². The molecule has 4 rings (SSSR count). The van der Waals surface area contributed by atoms with Crippen molar-refractivity contribution in [3.63, 3.8) is 0 Å². The van der Waals surface area contributed by atoms with Crippen LogP contribution < -0.4 is 5.32 Å². The molecule has 2 saturated carbocycles. The van der Waals surface area contributed by atoms with E-state index in [-0.39, 0.29) is 23.9 Å². The Morgan fingerprint density at radius 2 is 1.90 bits per heavy atom. The zero-order valence-electron chi connectivity index (χ0n) is 16.8. The number of carbonyl (C=O) groups excluding carboxylic acids is 4. The molecule has 2 bridgehead atoms. The average molecular weight is 415 g/mol. The molecule has 160 valence electrons. The maximum atomic E-state index is 12.5. The highest BCUT2D eigenvalue weighted by atomic mass is 16.6. The van der Waals surface area contributed by atoms with Crippen molar-refractivity contribution in [2.24, 2.45) is 23.7 Å². The van der Waals surface area contributed by atoms with Crippen molar-refractivity contribution in [1.82, 2.24) is 0 Å². The van der Waals surface area contributed by atoms with Gasteiger partial charge < -0.3 is 19.5 Å². The van der Waals surface area contributed by atoms with E-state index in [1.165, 1.54) is 0 Å². The first-order chi connectivity index (χ1) is 14.5. The molecule has 1 aliphatic heterocycles. The van der Waals surface area contributed by atoms with Crippen molar-refractivity contribution in [2.45, 2.75) is 38.7 Å². The van der Waals surface area contributed by atoms with Gasteiger partial charge in [0, 0.05) is 11.6 Å². The third-order valence-corrected chi connectivity index (χ3v) is 6.24. The van der Waals surface area contributed by atoms with Crippen molar-refractivity contribution in [1.29, 1.82) is 0 Å². The summed E-state index contributed by atoms with van der Waals surface area (Å²) in [6.45, 7) is 1.96. The normalized spacial score (nSPS) is 28.2. The SMILES string of the molecule is CCCCOC(=O)c1ccc(NC(=O)COC(=O)[C@@H]2[C@@H]3C[C@@H]4[C@H]2C(=O)O[C@@H]4C3)cc1. The first-order valence-electron chi connectivity index (χ1n) is 10.4. The molecule has 3 aliphatic rings. The molecule has 1 N–H and O–H groups in total. The minimum Gasteiger partial charge on any atom is -0.462 e. The quantitative estimate of drug-likeness (QED) is 0.394. The van der Waals surface area contributed by atoms with E-state index in [0.29, 0.717) is 24.3 Å². The lowest BCUT2D eigenvalue weighted by Gasteiger charge is -2.22. The number of hydrogen-bond donors (Lipinski definition) is 1. The molecule has 2 aliphatic carbocycles. The third-order valence-electron chi connectivity index (χ3n) is 6.24. The summed E-state index contributed by atoms with van der Waals surface area (Å²) in [5, 5.41) is 2.62. The van der Waals surface area contributed by atoms with Crippen LogP contribution in [0.5, 0.6) is 0 Å². The van der Waals surface area contributed by atoms with Crippen LogP contribution in [0.1, 0.15) is 43.0 Å². The Labute approximate surface area is 174 Å². The van der Waals surface area contributed by atoms with E-state index < -0.39 is 36.3 Å². The van der Waals surface area contributed by atoms with Crippen LogP contribution in [0.25, 0.3) is 0 Å². The molecule has 1 aromatic carbocycles. The Kier molecular flexibility index (Phi) is 5.74. The molecular formula is C22H25NO7. The van der Waals surface area contributed by atoms with Crippen LogP contribution in [0, 0.1) is 23.7 Å². The maximum absolute atomic E-state index is 12.5. The summed E-state index contributed by atoms with van der Waals surface area (Å²) in [6, 6.07) is 6.29. The Morgan fingerprint density at radius 3 is 2.63 bits per heavy atom. The van der Waals surface area contributed by atoms with Gasteiger partial charge in [-0.1, -0.05) is 13.3 Å². The van der Waals surface area contributed by atoms with Crippen molar-refractivity contribution in [3.05, 3.63) is 29.8 Å². The van der Waals surface area contributed by atoms with Crippen molar-refractivity contribution < 1.29 is 33.4 Å². The molecule has 1 aromatic rings. The summed E-state index contributed by atoms with van der Waals surface area (Å²) in [4.78, 5) is 48.5. The number of amides is 1. The number of esters is 3. The molecular weight excluding hydrogens is 390 g/mol. The summed E-state index contributed by atoms with van der Waals surface area (Å²) < 4.78 is 15.7. The van der Waals surface area contributed by atoms with E-state index in [9.17, 15) is 19.2 Å². The molecule has 1 saturated heterocycles. The highest BCUT2D eigenvalue weighted by molar-refractivity contribution is 5.95. The van der Waals surface area contributed by atoms with Gasteiger partial charge in [0.25, 0.3) is 5.91 Å². The number of unbranched alkanes of at least 4 members (excludes halogenated alkanes) is 1. The monoisotopic (exact) mass is 415 g/mol. The summed E-state index contributed by atoms with van der Waals surface area (Å²) in [5.41, 5.74) is 0.872. The summed E-state index contributed by atoms with van der Waals surface area (Å²) in [6.07, 6.45) is 3.21. The van der Waals surface area contributed by atoms with Crippen LogP contribution in [0.3, 0.4) is 0 Å². The predicted molar refractivity (Wildman–Crippen MR) is 104 cm³/mol. The number of hydrogen-bond acceptors (Lipinski definition) is 7. The molecule has 1 amide bonds. The highest BCUT2D eigenvalue weighted by Crippen LogP contribution is 2.57. The highest BCUT2D eigenvalue weighted by Gasteiger charge is 2.64. The van der Waals surface area contributed by atoms with Crippen LogP contribution in [-0.4, -0.2) is 43.1 Å². The molecule has 5 atom stereocenters. The molecule has 8 heteroatoms. The third kappa shape index (κ3) is 3.91. The van der Waals surface area contributed by atoms with Crippen LogP contribution >= 0.6 is 0 Å². The lowest BCUT2D eigenvalue weighted by Crippen LogP contribution is -2.34. The second kappa shape index (κ2) is 8.45. The van der Waals surface area contributed by atoms with E-state index in [1.807, 2.05) is 6.92 Å². The first-order valence-corrected chi connectivity index (χ1v) is 10.4. The molecule has 8 nitrogen and oxygen atoms in total. The predicted octanol–water partition coefficient (Wildman–Crippen LogP) is 2.32.